The molecular weight excluding hydrogens is 354 g/mol. The van der Waals surface area contributed by atoms with Crippen molar-refractivity contribution in [2.45, 2.75) is 23.5 Å². The number of carbonyl (C=O) groups is 2. The molecule has 0 saturated heterocycles. The molecule has 0 fully saturated rings. The van der Waals surface area contributed by atoms with Crippen molar-refractivity contribution in [2.24, 2.45) is 0 Å². The van der Waals surface area contributed by atoms with Gasteiger partial charge in [0.05, 0.1) is 12.1 Å². The number of aromatic nitrogens is 1. The van der Waals surface area contributed by atoms with Crippen molar-refractivity contribution >= 4 is 29.3 Å². The van der Waals surface area contributed by atoms with Crippen LogP contribution in [0.25, 0.3) is 0 Å². The molecule has 1 aromatic heterocycles. The van der Waals surface area contributed by atoms with E-state index < -0.39 is 18.1 Å². The lowest BCUT2D eigenvalue weighted by Gasteiger charge is -2.20. The average Bonchev–Trinajstić information content (AvgIpc) is 3.09. The summed E-state index contributed by atoms with van der Waals surface area (Å²) in [4.78, 5) is 37.3. The monoisotopic (exact) mass is 374 g/mol. The Bertz CT molecular complexity index is 882. The Morgan fingerprint density at radius 1 is 1.31 bits per heavy atom. The maximum absolute atomic E-state index is 12.8. The first-order chi connectivity index (χ1) is 12.5. The van der Waals surface area contributed by atoms with Crippen molar-refractivity contribution in [1.29, 1.82) is 0 Å². The summed E-state index contributed by atoms with van der Waals surface area (Å²) in [6.45, 7) is 0. The van der Waals surface area contributed by atoms with Crippen LogP contribution in [-0.4, -0.2) is 35.3 Å². The molecule has 0 unspecified atom stereocenters. The number of amides is 1. The molecule has 1 aliphatic rings. The second-order valence-corrected chi connectivity index (χ2v) is 7.01. The maximum atomic E-state index is 12.8. The summed E-state index contributed by atoms with van der Waals surface area (Å²) in [6, 6.07) is 11.3. The van der Waals surface area contributed by atoms with Crippen molar-refractivity contribution in [3.63, 3.8) is 0 Å². The van der Waals surface area contributed by atoms with Crippen LogP contribution in [0.15, 0.2) is 52.3 Å². The number of fused-ring (bicyclic) bond motifs is 1. The topological polar surface area (TPSA) is 105 Å². The number of methoxy groups -OCH3 is 1. The van der Waals surface area contributed by atoms with E-state index in [9.17, 15) is 14.4 Å². The molecule has 1 aromatic carbocycles. The Labute approximate surface area is 154 Å². The first-order valence-electron chi connectivity index (χ1n) is 8.13. The lowest BCUT2D eigenvalue weighted by molar-refractivity contribution is -0.257. The van der Waals surface area contributed by atoms with Crippen LogP contribution in [0.5, 0.6) is 0 Å². The zero-order chi connectivity index (χ0) is 18.7. The number of hydrogen-bond donors (Lipinski definition) is 2. The molecule has 0 aliphatic carbocycles. The van der Waals surface area contributed by atoms with Crippen molar-refractivity contribution in [2.75, 3.05) is 12.9 Å². The Morgan fingerprint density at radius 2 is 2.04 bits per heavy atom. The van der Waals surface area contributed by atoms with Crippen LogP contribution in [0.1, 0.15) is 11.6 Å². The van der Waals surface area contributed by atoms with Gasteiger partial charge in [-0.1, -0.05) is 30.3 Å². The number of thioether (sulfide) groups is 1. The molecule has 8 heteroatoms. The molecule has 3 rings (SSSR count). The average molecular weight is 374 g/mol. The van der Waals surface area contributed by atoms with Crippen LogP contribution in [0.4, 0.5) is 5.69 Å². The minimum absolute atomic E-state index is 0.287. The van der Waals surface area contributed by atoms with Crippen molar-refractivity contribution in [3.8, 4) is 0 Å². The molecule has 4 N–H and O–H groups in total. The zero-order valence-corrected chi connectivity index (χ0v) is 15.1. The standard InChI is InChI=1S/C18H19N3O4S/c1-25-18(24)13(9-11-5-3-2-4-6-11)20-16(22)14-10-26-15-8-7-12(19)17(23)21(14)15/h2-8,13-14H,9-10,19H2,1H3,(H,20,22)/p+1/t13-,14-/m0/s1. The third-order valence-corrected chi connectivity index (χ3v) is 5.36. The zero-order valence-electron chi connectivity index (χ0n) is 14.3. The van der Waals surface area contributed by atoms with E-state index in [-0.39, 0.29) is 11.5 Å². The molecule has 26 heavy (non-hydrogen) atoms. The number of hydrogen-bond acceptors (Lipinski definition) is 5. The third-order valence-electron chi connectivity index (χ3n) is 4.25. The van der Waals surface area contributed by atoms with Crippen molar-refractivity contribution in [3.05, 3.63) is 58.4 Å². The van der Waals surface area contributed by atoms with Crippen LogP contribution in [0, 0.1) is 0 Å². The van der Waals surface area contributed by atoms with E-state index in [0.29, 0.717) is 17.9 Å². The summed E-state index contributed by atoms with van der Waals surface area (Å²) in [7, 11) is 1.28. The van der Waals surface area contributed by atoms with Crippen LogP contribution < -0.4 is 16.6 Å². The first-order valence-corrected chi connectivity index (χ1v) is 9.12. The van der Waals surface area contributed by atoms with Crippen LogP contribution in [-0.2, 0) is 20.7 Å². The molecule has 1 amide bonds. The molecule has 0 bridgehead atoms. The van der Waals surface area contributed by atoms with E-state index >= 15 is 0 Å². The fourth-order valence-electron chi connectivity index (χ4n) is 2.88. The number of esters is 1. The summed E-state index contributed by atoms with van der Waals surface area (Å²) in [5.74, 6) is -0.467. The molecule has 2 atom stereocenters. The van der Waals surface area contributed by atoms with Gasteiger partial charge in [0.25, 0.3) is 0 Å². The highest BCUT2D eigenvalue weighted by Gasteiger charge is 2.33. The lowest BCUT2D eigenvalue weighted by Crippen LogP contribution is -2.50. The Hall–Kier alpha value is -2.58. The number of rotatable bonds is 5. The van der Waals surface area contributed by atoms with Crippen LogP contribution in [0.2, 0.25) is 0 Å². The van der Waals surface area contributed by atoms with Crippen molar-refractivity contribution < 1.29 is 20.1 Å². The minimum atomic E-state index is -0.817. The van der Waals surface area contributed by atoms with Gasteiger partial charge in [-0.05, 0) is 11.6 Å². The van der Waals surface area contributed by atoms with Gasteiger partial charge >= 0.3 is 11.5 Å². The predicted octanol–water partition coefficient (Wildman–Crippen LogP) is 0.269. The third kappa shape index (κ3) is 3.66. The molecule has 2 aromatic rings. The summed E-state index contributed by atoms with van der Waals surface area (Å²) < 4.78 is 6.27. The van der Waals surface area contributed by atoms with E-state index in [2.05, 4.69) is 11.1 Å². The van der Waals surface area contributed by atoms with Gasteiger partial charge in [-0.3, -0.25) is 14.2 Å². The molecule has 0 radical (unpaired) electrons. The molecule has 0 saturated carbocycles. The van der Waals surface area contributed by atoms with Crippen LogP contribution in [0.3, 0.4) is 0 Å². The Kier molecular flexibility index (Phi) is 5.43. The van der Waals surface area contributed by atoms with E-state index in [0.717, 1.165) is 10.6 Å². The molecule has 2 heterocycles. The van der Waals surface area contributed by atoms with Gasteiger partial charge in [0.2, 0.25) is 5.91 Å². The smallest absolute Gasteiger partial charge is 0.328 e. The normalized spacial score (nSPS) is 16.6. The first kappa shape index (κ1) is 18.2. The number of quaternary nitrogens is 1. The van der Waals surface area contributed by atoms with E-state index in [1.807, 2.05) is 30.3 Å². The van der Waals surface area contributed by atoms with Gasteiger partial charge < -0.3 is 15.8 Å². The number of ether oxygens (including phenoxy) is 1. The summed E-state index contributed by atoms with van der Waals surface area (Å²) in [5, 5.41) is 3.46. The highest BCUT2D eigenvalue weighted by molar-refractivity contribution is 7.99. The van der Waals surface area contributed by atoms with Gasteiger partial charge in [0.1, 0.15) is 12.1 Å². The molecule has 136 valence electrons. The van der Waals surface area contributed by atoms with Crippen LogP contribution >= 0.6 is 11.8 Å². The minimum Gasteiger partial charge on any atom is -0.467 e. The molecule has 0 spiro atoms. The molecular formula is C18H20N3O4S+. The largest absolute Gasteiger partial charge is 0.467 e. The predicted molar refractivity (Wildman–Crippen MR) is 97.1 cm³/mol. The quantitative estimate of drug-likeness (QED) is 0.731. The Morgan fingerprint density at radius 3 is 2.73 bits per heavy atom. The van der Waals surface area contributed by atoms with E-state index in [1.165, 1.54) is 23.4 Å². The van der Waals surface area contributed by atoms with Gasteiger partial charge in [-0.25, -0.2) is 4.79 Å². The number of nitrogens with zero attached hydrogens (tertiary/aromatic N) is 1. The second-order valence-electron chi connectivity index (χ2n) is 5.97. The SMILES string of the molecule is COC(=O)[C@H](Cc1ccccc1)NC(=O)[C@@H]1CSc2ccc([NH3+])c(=O)n21. The number of pyridine rings is 1. The van der Waals surface area contributed by atoms with E-state index in [1.54, 1.807) is 12.1 Å². The van der Waals surface area contributed by atoms with Gasteiger partial charge in [-0.15, -0.1) is 11.8 Å². The summed E-state index contributed by atoms with van der Waals surface area (Å²) in [6.07, 6.45) is 0.316. The summed E-state index contributed by atoms with van der Waals surface area (Å²) in [5.41, 5.74) is 4.65. The van der Waals surface area contributed by atoms with E-state index in [4.69, 9.17) is 4.74 Å². The molecule has 1 aliphatic heterocycles. The fraction of sp³-hybridized carbons (Fsp3) is 0.278. The van der Waals surface area contributed by atoms with Gasteiger partial charge in [0.15, 0.2) is 5.69 Å². The molecule has 7 nitrogen and oxygen atoms in total. The highest BCUT2D eigenvalue weighted by atomic mass is 32.2. The maximum Gasteiger partial charge on any atom is 0.328 e. The fourth-order valence-corrected chi connectivity index (χ4v) is 4.02. The van der Waals surface area contributed by atoms with Gasteiger partial charge in [-0.2, -0.15) is 0 Å². The number of benzene rings is 1. The van der Waals surface area contributed by atoms with Crippen molar-refractivity contribution in [1.82, 2.24) is 9.88 Å². The second kappa shape index (κ2) is 7.76. The number of carbonyl (C=O) groups excluding carboxylic acids is 2. The summed E-state index contributed by atoms with van der Waals surface area (Å²) >= 11 is 1.43. The number of nitrogens with one attached hydrogen (secondary N) is 1. The highest BCUT2D eigenvalue weighted by Crippen LogP contribution is 2.31. The van der Waals surface area contributed by atoms with Gasteiger partial charge in [0, 0.05) is 18.2 Å². The Balaban J connectivity index is 1.81. The lowest BCUT2D eigenvalue weighted by atomic mass is 10.1.